The summed E-state index contributed by atoms with van der Waals surface area (Å²) >= 11 is 8.43. The Bertz CT molecular complexity index is 503. The van der Waals surface area contributed by atoms with Crippen molar-refractivity contribution in [2.45, 2.75) is 10.6 Å². The predicted octanol–water partition coefficient (Wildman–Crippen LogP) is 3.21. The SMILES string of the molecule is Nc1ccc(SCc2nnc(Cl)s2)cc1F. The van der Waals surface area contributed by atoms with Crippen molar-refractivity contribution in [2.75, 3.05) is 5.73 Å². The zero-order chi connectivity index (χ0) is 11.5. The lowest BCUT2D eigenvalue weighted by molar-refractivity contribution is 0.629. The fraction of sp³-hybridized carbons (Fsp3) is 0.111. The number of rotatable bonds is 3. The van der Waals surface area contributed by atoms with Crippen LogP contribution in [0.15, 0.2) is 23.1 Å². The second-order valence-electron chi connectivity index (χ2n) is 2.92. The van der Waals surface area contributed by atoms with Crippen molar-refractivity contribution in [1.82, 2.24) is 10.2 Å². The number of nitrogens with two attached hydrogens (primary N) is 1. The van der Waals surface area contributed by atoms with Crippen molar-refractivity contribution in [3.05, 3.63) is 33.5 Å². The highest BCUT2D eigenvalue weighted by atomic mass is 35.5. The highest BCUT2D eigenvalue weighted by molar-refractivity contribution is 7.98. The lowest BCUT2D eigenvalue weighted by Gasteiger charge is -2.00. The molecule has 0 aliphatic heterocycles. The predicted molar refractivity (Wildman–Crippen MR) is 65.3 cm³/mol. The van der Waals surface area contributed by atoms with Gasteiger partial charge < -0.3 is 5.73 Å². The molecule has 1 aromatic carbocycles. The Morgan fingerprint density at radius 3 is 2.88 bits per heavy atom. The molecule has 0 radical (unpaired) electrons. The van der Waals surface area contributed by atoms with Crippen LogP contribution in [0.4, 0.5) is 10.1 Å². The molecule has 7 heteroatoms. The smallest absolute Gasteiger partial charge is 0.207 e. The lowest BCUT2D eigenvalue weighted by atomic mass is 10.3. The van der Waals surface area contributed by atoms with Gasteiger partial charge in [-0.15, -0.1) is 22.0 Å². The van der Waals surface area contributed by atoms with Gasteiger partial charge in [-0.2, -0.15) is 0 Å². The number of anilines is 1. The average molecular weight is 276 g/mol. The Hall–Kier alpha value is -0.850. The molecule has 0 bridgehead atoms. The van der Waals surface area contributed by atoms with E-state index in [-0.39, 0.29) is 5.69 Å². The average Bonchev–Trinajstić information content (AvgIpc) is 2.66. The van der Waals surface area contributed by atoms with E-state index in [4.69, 9.17) is 17.3 Å². The Balaban J connectivity index is 2.02. The molecule has 1 aromatic heterocycles. The van der Waals surface area contributed by atoms with E-state index in [0.29, 0.717) is 10.2 Å². The summed E-state index contributed by atoms with van der Waals surface area (Å²) < 4.78 is 13.5. The van der Waals surface area contributed by atoms with Gasteiger partial charge in [0.2, 0.25) is 4.47 Å². The first-order chi connectivity index (χ1) is 7.65. The van der Waals surface area contributed by atoms with Gasteiger partial charge in [0, 0.05) is 4.90 Å². The monoisotopic (exact) mass is 275 g/mol. The number of nitrogens with zero attached hydrogens (tertiary/aromatic N) is 2. The van der Waals surface area contributed by atoms with Crippen molar-refractivity contribution in [1.29, 1.82) is 0 Å². The van der Waals surface area contributed by atoms with Gasteiger partial charge in [-0.25, -0.2) is 4.39 Å². The summed E-state index contributed by atoms with van der Waals surface area (Å²) in [6.07, 6.45) is 0. The van der Waals surface area contributed by atoms with Gasteiger partial charge in [0.15, 0.2) is 0 Å². The number of nitrogen functional groups attached to an aromatic ring is 1. The van der Waals surface area contributed by atoms with Crippen LogP contribution in [-0.4, -0.2) is 10.2 Å². The summed E-state index contributed by atoms with van der Waals surface area (Å²) in [5.41, 5.74) is 5.53. The number of halogens is 2. The van der Waals surface area contributed by atoms with Crippen LogP contribution in [0.5, 0.6) is 0 Å². The molecule has 0 amide bonds. The maximum atomic E-state index is 13.1. The summed E-state index contributed by atoms with van der Waals surface area (Å²) in [6, 6.07) is 4.72. The molecule has 1 heterocycles. The lowest BCUT2D eigenvalue weighted by Crippen LogP contribution is -1.89. The van der Waals surface area contributed by atoms with Crippen LogP contribution in [0.1, 0.15) is 5.01 Å². The van der Waals surface area contributed by atoms with E-state index < -0.39 is 5.82 Å². The second kappa shape index (κ2) is 4.99. The minimum absolute atomic E-state index is 0.156. The minimum atomic E-state index is -0.403. The number of thioether (sulfide) groups is 1. The number of hydrogen-bond donors (Lipinski definition) is 1. The summed E-state index contributed by atoms with van der Waals surface area (Å²) in [4.78, 5) is 0.804. The van der Waals surface area contributed by atoms with E-state index in [2.05, 4.69) is 10.2 Å². The standard InChI is InChI=1S/C9H7ClFN3S2/c10-9-14-13-8(16-9)4-15-5-1-2-7(12)6(11)3-5/h1-3H,4,12H2. The van der Waals surface area contributed by atoms with Crippen molar-refractivity contribution in [3.8, 4) is 0 Å². The van der Waals surface area contributed by atoms with Gasteiger partial charge in [0.1, 0.15) is 10.8 Å². The molecular formula is C9H7ClFN3S2. The van der Waals surface area contributed by atoms with Crippen molar-refractivity contribution in [2.24, 2.45) is 0 Å². The van der Waals surface area contributed by atoms with Gasteiger partial charge in [-0.05, 0) is 29.8 Å². The second-order valence-corrected chi connectivity index (χ2v) is 5.61. The van der Waals surface area contributed by atoms with Crippen LogP contribution in [0.3, 0.4) is 0 Å². The quantitative estimate of drug-likeness (QED) is 0.690. The third-order valence-electron chi connectivity index (χ3n) is 1.78. The number of hydrogen-bond acceptors (Lipinski definition) is 5. The van der Waals surface area contributed by atoms with E-state index in [0.717, 1.165) is 9.90 Å². The molecule has 84 valence electrons. The topological polar surface area (TPSA) is 51.8 Å². The molecule has 0 aliphatic carbocycles. The van der Waals surface area contributed by atoms with Crippen LogP contribution in [0.2, 0.25) is 4.47 Å². The molecule has 16 heavy (non-hydrogen) atoms. The summed E-state index contributed by atoms with van der Waals surface area (Å²) in [5.74, 6) is 0.216. The first kappa shape index (κ1) is 11.6. The highest BCUT2D eigenvalue weighted by Crippen LogP contribution is 2.27. The number of benzene rings is 1. The largest absolute Gasteiger partial charge is 0.396 e. The Morgan fingerprint density at radius 1 is 1.44 bits per heavy atom. The van der Waals surface area contributed by atoms with E-state index in [9.17, 15) is 4.39 Å². The summed E-state index contributed by atoms with van der Waals surface area (Å²) in [6.45, 7) is 0. The summed E-state index contributed by atoms with van der Waals surface area (Å²) in [7, 11) is 0. The molecule has 2 N–H and O–H groups in total. The van der Waals surface area contributed by atoms with Crippen LogP contribution >= 0.6 is 34.7 Å². The third kappa shape index (κ3) is 2.84. The molecule has 0 aliphatic rings. The molecule has 0 saturated heterocycles. The number of aromatic nitrogens is 2. The molecule has 0 saturated carbocycles. The minimum Gasteiger partial charge on any atom is -0.396 e. The van der Waals surface area contributed by atoms with E-state index in [1.807, 2.05) is 0 Å². The van der Waals surface area contributed by atoms with Crippen LogP contribution in [-0.2, 0) is 5.75 Å². The molecule has 0 atom stereocenters. The highest BCUT2D eigenvalue weighted by Gasteiger charge is 2.04. The maximum Gasteiger partial charge on any atom is 0.207 e. The van der Waals surface area contributed by atoms with Crippen molar-refractivity contribution >= 4 is 40.4 Å². The van der Waals surface area contributed by atoms with E-state index >= 15 is 0 Å². The van der Waals surface area contributed by atoms with Crippen LogP contribution < -0.4 is 5.73 Å². The fourth-order valence-corrected chi connectivity index (χ4v) is 2.81. The molecule has 0 fully saturated rings. The van der Waals surface area contributed by atoms with Crippen LogP contribution in [0.25, 0.3) is 0 Å². The van der Waals surface area contributed by atoms with E-state index in [1.54, 1.807) is 12.1 Å². The van der Waals surface area contributed by atoms with Gasteiger partial charge in [0.25, 0.3) is 0 Å². The zero-order valence-electron chi connectivity index (χ0n) is 7.98. The molecular weight excluding hydrogens is 269 g/mol. The Morgan fingerprint density at radius 2 is 2.25 bits per heavy atom. The third-order valence-corrected chi connectivity index (χ3v) is 3.98. The van der Waals surface area contributed by atoms with Gasteiger partial charge in [0.05, 0.1) is 11.4 Å². The maximum absolute atomic E-state index is 13.1. The molecule has 3 nitrogen and oxygen atoms in total. The molecule has 0 spiro atoms. The molecule has 2 rings (SSSR count). The first-order valence-electron chi connectivity index (χ1n) is 4.31. The van der Waals surface area contributed by atoms with Gasteiger partial charge in [-0.1, -0.05) is 11.3 Å². The normalized spacial score (nSPS) is 10.6. The zero-order valence-corrected chi connectivity index (χ0v) is 10.4. The first-order valence-corrected chi connectivity index (χ1v) is 6.49. The van der Waals surface area contributed by atoms with Crippen molar-refractivity contribution < 1.29 is 4.39 Å². The molecule has 0 unspecified atom stereocenters. The van der Waals surface area contributed by atoms with Crippen LogP contribution in [0, 0.1) is 5.82 Å². The van der Waals surface area contributed by atoms with Crippen molar-refractivity contribution in [3.63, 3.8) is 0 Å². The fourth-order valence-electron chi connectivity index (χ4n) is 1.03. The van der Waals surface area contributed by atoms with Gasteiger partial charge >= 0.3 is 0 Å². The molecule has 2 aromatic rings. The Kier molecular flexibility index (Phi) is 3.63. The van der Waals surface area contributed by atoms with Gasteiger partial charge in [-0.3, -0.25) is 0 Å². The summed E-state index contributed by atoms with van der Waals surface area (Å²) in [5, 5.41) is 8.37. The Labute approximate surface area is 105 Å². The van der Waals surface area contributed by atoms with E-state index in [1.165, 1.54) is 29.2 Å².